The largest absolute Gasteiger partial charge is 0.379 e. The van der Waals surface area contributed by atoms with Gasteiger partial charge in [0.15, 0.2) is 0 Å². The minimum atomic E-state index is 0.397. The molecule has 1 aromatic rings. The quantitative estimate of drug-likeness (QED) is 0.765. The highest BCUT2D eigenvalue weighted by atomic mass is 16.5. The van der Waals surface area contributed by atoms with Crippen molar-refractivity contribution in [2.24, 2.45) is 0 Å². The van der Waals surface area contributed by atoms with Crippen LogP contribution in [0.25, 0.3) is 0 Å². The number of nitrogens with one attached hydrogen (secondary N) is 1. The van der Waals surface area contributed by atoms with Gasteiger partial charge in [0.05, 0.1) is 19.4 Å². The molecule has 0 spiro atoms. The number of hydrogen-bond acceptors (Lipinski definition) is 3. The lowest BCUT2D eigenvalue weighted by molar-refractivity contribution is 0.00672. The third kappa shape index (κ3) is 1.86. The number of nitrogens with zero attached hydrogens (tertiary/aromatic N) is 1. The number of benzene rings is 1. The summed E-state index contributed by atoms with van der Waals surface area (Å²) in [5, 5.41) is 3.62. The number of morpholine rings is 1. The summed E-state index contributed by atoms with van der Waals surface area (Å²) in [5.74, 6) is 0. The first-order valence-electron chi connectivity index (χ1n) is 6.08. The van der Waals surface area contributed by atoms with Crippen molar-refractivity contribution in [2.75, 3.05) is 32.8 Å². The third-order valence-electron chi connectivity index (χ3n) is 3.49. The van der Waals surface area contributed by atoms with Crippen LogP contribution in [0.1, 0.15) is 17.3 Å². The van der Waals surface area contributed by atoms with Gasteiger partial charge < -0.3 is 4.74 Å². The monoisotopic (exact) mass is 218 g/mol. The topological polar surface area (TPSA) is 24.5 Å². The number of ether oxygens (including phenoxy) is 1. The zero-order chi connectivity index (χ0) is 10.8. The molecule has 1 fully saturated rings. The van der Waals surface area contributed by atoms with Crippen LogP contribution in [0.3, 0.4) is 0 Å². The first kappa shape index (κ1) is 10.3. The second-order valence-electron chi connectivity index (χ2n) is 4.45. The average Bonchev–Trinajstić information content (AvgIpc) is 2.39. The predicted molar refractivity (Wildman–Crippen MR) is 63.3 cm³/mol. The summed E-state index contributed by atoms with van der Waals surface area (Å²) in [5.41, 5.74) is 2.95. The van der Waals surface area contributed by atoms with E-state index >= 15 is 0 Å². The Balaban J connectivity index is 1.86. The van der Waals surface area contributed by atoms with E-state index in [0.717, 1.165) is 39.3 Å². The molecule has 2 aliphatic heterocycles. The van der Waals surface area contributed by atoms with Gasteiger partial charge in [-0.25, -0.2) is 0 Å². The maximum Gasteiger partial charge on any atom is 0.0865 e. The minimum absolute atomic E-state index is 0.397. The maximum atomic E-state index is 5.41. The van der Waals surface area contributed by atoms with Crippen LogP contribution in [0.5, 0.6) is 0 Å². The highest BCUT2D eigenvalue weighted by Crippen LogP contribution is 2.26. The lowest BCUT2D eigenvalue weighted by atomic mass is 9.97. The van der Waals surface area contributed by atoms with E-state index in [1.54, 1.807) is 0 Å². The van der Waals surface area contributed by atoms with Crippen LogP contribution in [-0.4, -0.2) is 37.7 Å². The van der Waals surface area contributed by atoms with Crippen molar-refractivity contribution in [1.29, 1.82) is 0 Å². The van der Waals surface area contributed by atoms with E-state index in [-0.39, 0.29) is 0 Å². The summed E-state index contributed by atoms with van der Waals surface area (Å²) >= 11 is 0. The Morgan fingerprint density at radius 3 is 2.88 bits per heavy atom. The Morgan fingerprint density at radius 2 is 2.00 bits per heavy atom. The molecule has 86 valence electrons. The van der Waals surface area contributed by atoms with Crippen LogP contribution >= 0.6 is 0 Å². The molecule has 1 saturated heterocycles. The van der Waals surface area contributed by atoms with E-state index in [2.05, 4.69) is 34.5 Å². The molecule has 3 rings (SSSR count). The van der Waals surface area contributed by atoms with Crippen LogP contribution < -0.4 is 5.32 Å². The van der Waals surface area contributed by atoms with Gasteiger partial charge in [0, 0.05) is 19.6 Å². The molecule has 1 N–H and O–H groups in total. The van der Waals surface area contributed by atoms with Gasteiger partial charge in [-0.1, -0.05) is 24.3 Å². The van der Waals surface area contributed by atoms with Crippen LogP contribution in [0.15, 0.2) is 24.3 Å². The van der Waals surface area contributed by atoms with E-state index in [9.17, 15) is 0 Å². The number of hydrogen-bond donors (Lipinski definition) is 1. The Morgan fingerprint density at radius 1 is 1.19 bits per heavy atom. The van der Waals surface area contributed by atoms with Gasteiger partial charge in [0.2, 0.25) is 0 Å². The minimum Gasteiger partial charge on any atom is -0.379 e. The highest BCUT2D eigenvalue weighted by Gasteiger charge is 2.26. The third-order valence-corrected chi connectivity index (χ3v) is 3.49. The first-order valence-corrected chi connectivity index (χ1v) is 6.08. The molecule has 0 aliphatic carbocycles. The van der Waals surface area contributed by atoms with Crippen molar-refractivity contribution < 1.29 is 4.74 Å². The molecule has 1 aromatic carbocycles. The molecule has 16 heavy (non-hydrogen) atoms. The molecule has 0 saturated carbocycles. The molecule has 2 heterocycles. The summed E-state index contributed by atoms with van der Waals surface area (Å²) in [6.45, 7) is 4.87. The Labute approximate surface area is 96.4 Å². The maximum absolute atomic E-state index is 5.41. The van der Waals surface area contributed by atoms with E-state index in [4.69, 9.17) is 4.74 Å². The molecule has 3 heteroatoms. The van der Waals surface area contributed by atoms with Gasteiger partial charge in [0.1, 0.15) is 0 Å². The van der Waals surface area contributed by atoms with Gasteiger partial charge in [-0.2, -0.15) is 0 Å². The van der Waals surface area contributed by atoms with Gasteiger partial charge in [-0.15, -0.1) is 0 Å². The zero-order valence-electron chi connectivity index (χ0n) is 9.48. The van der Waals surface area contributed by atoms with Crippen molar-refractivity contribution in [3.8, 4) is 0 Å². The fourth-order valence-corrected chi connectivity index (χ4v) is 2.64. The van der Waals surface area contributed by atoms with Gasteiger partial charge >= 0.3 is 0 Å². The van der Waals surface area contributed by atoms with Gasteiger partial charge in [-0.05, 0) is 17.5 Å². The SMILES string of the molecule is c1ccc2c(c1)CCNC2N1CCOCC1. The number of rotatable bonds is 1. The Hall–Kier alpha value is -0.900. The first-order chi connectivity index (χ1) is 7.95. The molecule has 1 unspecified atom stereocenters. The summed E-state index contributed by atoms with van der Waals surface area (Å²) in [6.07, 6.45) is 1.55. The lowest BCUT2D eigenvalue weighted by Crippen LogP contribution is -2.47. The Bertz CT molecular complexity index is 361. The average molecular weight is 218 g/mol. The smallest absolute Gasteiger partial charge is 0.0865 e. The highest BCUT2D eigenvalue weighted by molar-refractivity contribution is 5.32. The van der Waals surface area contributed by atoms with Crippen LogP contribution in [0.4, 0.5) is 0 Å². The molecule has 0 radical (unpaired) electrons. The van der Waals surface area contributed by atoms with E-state index in [1.165, 1.54) is 11.1 Å². The molecule has 0 bridgehead atoms. The van der Waals surface area contributed by atoms with Crippen molar-refractivity contribution >= 4 is 0 Å². The zero-order valence-corrected chi connectivity index (χ0v) is 9.48. The van der Waals surface area contributed by atoms with Crippen molar-refractivity contribution in [3.63, 3.8) is 0 Å². The number of fused-ring (bicyclic) bond motifs is 1. The van der Waals surface area contributed by atoms with E-state index < -0.39 is 0 Å². The Kier molecular flexibility index (Phi) is 2.91. The van der Waals surface area contributed by atoms with Crippen molar-refractivity contribution in [2.45, 2.75) is 12.6 Å². The van der Waals surface area contributed by atoms with Crippen LogP contribution in [0.2, 0.25) is 0 Å². The predicted octanol–water partition coefficient (Wildman–Crippen LogP) is 1.16. The summed E-state index contributed by atoms with van der Waals surface area (Å²) in [7, 11) is 0. The fourth-order valence-electron chi connectivity index (χ4n) is 2.64. The van der Waals surface area contributed by atoms with Gasteiger partial charge in [-0.3, -0.25) is 10.2 Å². The summed E-state index contributed by atoms with van der Waals surface area (Å²) in [4.78, 5) is 2.49. The second kappa shape index (κ2) is 4.53. The molecule has 0 aromatic heterocycles. The molecule has 1 atom stereocenters. The van der Waals surface area contributed by atoms with Gasteiger partial charge in [0.25, 0.3) is 0 Å². The summed E-state index contributed by atoms with van der Waals surface area (Å²) < 4.78 is 5.41. The van der Waals surface area contributed by atoms with E-state index in [0.29, 0.717) is 6.17 Å². The molecular weight excluding hydrogens is 200 g/mol. The van der Waals surface area contributed by atoms with Crippen molar-refractivity contribution in [3.05, 3.63) is 35.4 Å². The summed E-state index contributed by atoms with van der Waals surface area (Å²) in [6, 6.07) is 8.78. The standard InChI is InChI=1S/C13H18N2O/c1-2-4-12-11(3-1)5-6-14-13(12)15-7-9-16-10-8-15/h1-4,13-14H,5-10H2. The van der Waals surface area contributed by atoms with E-state index in [1.807, 2.05) is 0 Å². The second-order valence-corrected chi connectivity index (χ2v) is 4.45. The van der Waals surface area contributed by atoms with Crippen LogP contribution in [-0.2, 0) is 11.2 Å². The normalized spacial score (nSPS) is 26.4. The molecule has 3 nitrogen and oxygen atoms in total. The molecular formula is C13H18N2O. The fraction of sp³-hybridized carbons (Fsp3) is 0.538. The molecule has 2 aliphatic rings. The lowest BCUT2D eigenvalue weighted by Gasteiger charge is -2.38. The molecule has 0 amide bonds. The van der Waals surface area contributed by atoms with Crippen molar-refractivity contribution in [1.82, 2.24) is 10.2 Å². The van der Waals surface area contributed by atoms with Crippen LogP contribution in [0, 0.1) is 0 Å².